The van der Waals surface area contributed by atoms with Crippen molar-refractivity contribution < 1.29 is 9.59 Å². The molecule has 1 aliphatic rings. The number of amides is 2. The first-order chi connectivity index (χ1) is 9.06. The summed E-state index contributed by atoms with van der Waals surface area (Å²) in [5.74, 6) is -0.185. The number of carbonyl (C=O) groups is 2. The zero-order valence-electron chi connectivity index (χ0n) is 10.8. The number of benzene rings is 1. The molecule has 4 N–H and O–H groups in total. The van der Waals surface area contributed by atoms with Gasteiger partial charge in [-0.2, -0.15) is 0 Å². The summed E-state index contributed by atoms with van der Waals surface area (Å²) in [7, 11) is 0. The van der Waals surface area contributed by atoms with Gasteiger partial charge in [-0.1, -0.05) is 6.07 Å². The van der Waals surface area contributed by atoms with E-state index in [4.69, 9.17) is 5.73 Å². The molecule has 0 aliphatic carbocycles. The van der Waals surface area contributed by atoms with Crippen LogP contribution in [0.2, 0.25) is 0 Å². The lowest BCUT2D eigenvalue weighted by atomic mass is 10.2. The fraction of sp³-hybridized carbons (Fsp3) is 0.385. The summed E-state index contributed by atoms with van der Waals surface area (Å²) in [6.07, 6.45) is 0. The standard InChI is InChI=1S/C13H18N4O2/c1-9-13(19)15-5-6-17(9)8-12(18)16-11-4-2-3-10(14)7-11/h2-4,7,9H,5-6,8,14H2,1H3,(H,15,19)(H,16,18). The third-order valence-electron chi connectivity index (χ3n) is 3.14. The molecule has 6 heteroatoms. The predicted octanol–water partition coefficient (Wildman–Crippen LogP) is 0.0276. The molecule has 1 atom stereocenters. The zero-order valence-corrected chi connectivity index (χ0v) is 10.8. The van der Waals surface area contributed by atoms with Crippen LogP contribution in [-0.2, 0) is 9.59 Å². The fourth-order valence-corrected chi connectivity index (χ4v) is 2.05. The van der Waals surface area contributed by atoms with Gasteiger partial charge in [0, 0.05) is 24.5 Å². The second-order valence-corrected chi connectivity index (χ2v) is 4.61. The normalized spacial score (nSPS) is 19.8. The van der Waals surface area contributed by atoms with Crippen LogP contribution < -0.4 is 16.4 Å². The molecule has 0 radical (unpaired) electrons. The predicted molar refractivity (Wildman–Crippen MR) is 73.5 cm³/mol. The van der Waals surface area contributed by atoms with Crippen molar-refractivity contribution in [3.05, 3.63) is 24.3 Å². The van der Waals surface area contributed by atoms with Gasteiger partial charge >= 0.3 is 0 Å². The van der Waals surface area contributed by atoms with E-state index < -0.39 is 0 Å². The van der Waals surface area contributed by atoms with Crippen molar-refractivity contribution in [2.24, 2.45) is 0 Å². The van der Waals surface area contributed by atoms with Crippen molar-refractivity contribution in [2.75, 3.05) is 30.7 Å². The monoisotopic (exact) mass is 262 g/mol. The minimum atomic E-state index is -0.277. The molecule has 1 fully saturated rings. The average Bonchev–Trinajstić information content (AvgIpc) is 2.35. The molecule has 0 spiro atoms. The summed E-state index contributed by atoms with van der Waals surface area (Å²) in [6.45, 7) is 3.25. The van der Waals surface area contributed by atoms with Crippen molar-refractivity contribution >= 4 is 23.2 Å². The first-order valence-electron chi connectivity index (χ1n) is 6.23. The maximum absolute atomic E-state index is 11.9. The highest BCUT2D eigenvalue weighted by Crippen LogP contribution is 2.12. The number of anilines is 2. The third kappa shape index (κ3) is 3.45. The highest BCUT2D eigenvalue weighted by molar-refractivity contribution is 5.93. The summed E-state index contributed by atoms with van der Waals surface area (Å²) < 4.78 is 0. The molecular formula is C13H18N4O2. The Hall–Kier alpha value is -2.08. The van der Waals surface area contributed by atoms with Gasteiger partial charge in [0.1, 0.15) is 0 Å². The average molecular weight is 262 g/mol. The largest absolute Gasteiger partial charge is 0.399 e. The molecule has 1 aliphatic heterocycles. The topological polar surface area (TPSA) is 87.5 Å². The number of rotatable bonds is 3. The second kappa shape index (κ2) is 5.71. The number of hydrogen-bond acceptors (Lipinski definition) is 4. The second-order valence-electron chi connectivity index (χ2n) is 4.61. The van der Waals surface area contributed by atoms with Gasteiger partial charge in [0.05, 0.1) is 12.6 Å². The summed E-state index contributed by atoms with van der Waals surface area (Å²) in [4.78, 5) is 25.3. The zero-order chi connectivity index (χ0) is 13.8. The molecule has 19 heavy (non-hydrogen) atoms. The first-order valence-corrected chi connectivity index (χ1v) is 6.23. The molecule has 6 nitrogen and oxygen atoms in total. The van der Waals surface area contributed by atoms with Crippen molar-refractivity contribution in [3.8, 4) is 0 Å². The Balaban J connectivity index is 1.92. The molecule has 1 aromatic carbocycles. The van der Waals surface area contributed by atoms with E-state index in [1.165, 1.54) is 0 Å². The van der Waals surface area contributed by atoms with E-state index in [0.29, 0.717) is 24.5 Å². The van der Waals surface area contributed by atoms with Gasteiger partial charge in [0.15, 0.2) is 0 Å². The minimum Gasteiger partial charge on any atom is -0.399 e. The van der Waals surface area contributed by atoms with Crippen molar-refractivity contribution in [1.29, 1.82) is 0 Å². The molecule has 2 rings (SSSR count). The van der Waals surface area contributed by atoms with Gasteiger partial charge in [-0.05, 0) is 25.1 Å². The van der Waals surface area contributed by atoms with Crippen LogP contribution in [0.3, 0.4) is 0 Å². The maximum Gasteiger partial charge on any atom is 0.238 e. The van der Waals surface area contributed by atoms with E-state index >= 15 is 0 Å². The lowest BCUT2D eigenvalue weighted by molar-refractivity contribution is -0.129. The van der Waals surface area contributed by atoms with Gasteiger partial charge in [-0.3, -0.25) is 14.5 Å². The molecule has 1 heterocycles. The maximum atomic E-state index is 11.9. The van der Waals surface area contributed by atoms with Gasteiger partial charge in [-0.15, -0.1) is 0 Å². The Morgan fingerprint density at radius 1 is 1.58 bits per heavy atom. The van der Waals surface area contributed by atoms with E-state index in [1.54, 1.807) is 31.2 Å². The highest BCUT2D eigenvalue weighted by Gasteiger charge is 2.26. The van der Waals surface area contributed by atoms with E-state index in [9.17, 15) is 9.59 Å². The van der Waals surface area contributed by atoms with Crippen molar-refractivity contribution in [1.82, 2.24) is 10.2 Å². The number of nitrogens with two attached hydrogens (primary N) is 1. The molecular weight excluding hydrogens is 244 g/mol. The highest BCUT2D eigenvalue weighted by atomic mass is 16.2. The Morgan fingerprint density at radius 2 is 2.37 bits per heavy atom. The fourth-order valence-electron chi connectivity index (χ4n) is 2.05. The Labute approximate surface area is 112 Å². The van der Waals surface area contributed by atoms with Crippen molar-refractivity contribution in [2.45, 2.75) is 13.0 Å². The van der Waals surface area contributed by atoms with E-state index in [0.717, 1.165) is 0 Å². The molecule has 1 unspecified atom stereocenters. The summed E-state index contributed by atoms with van der Waals surface area (Å²) in [5, 5.41) is 5.54. The van der Waals surface area contributed by atoms with Gasteiger partial charge in [0.25, 0.3) is 0 Å². The van der Waals surface area contributed by atoms with Gasteiger partial charge < -0.3 is 16.4 Å². The van der Waals surface area contributed by atoms with E-state index in [1.807, 2.05) is 4.90 Å². The summed E-state index contributed by atoms with van der Waals surface area (Å²) in [5.41, 5.74) is 6.91. The van der Waals surface area contributed by atoms with Gasteiger partial charge in [-0.25, -0.2) is 0 Å². The van der Waals surface area contributed by atoms with Crippen LogP contribution in [0.15, 0.2) is 24.3 Å². The summed E-state index contributed by atoms with van der Waals surface area (Å²) >= 11 is 0. The SMILES string of the molecule is CC1C(=O)NCCN1CC(=O)Nc1cccc(N)c1. The number of nitrogens with zero attached hydrogens (tertiary/aromatic N) is 1. The summed E-state index contributed by atoms with van der Waals surface area (Å²) in [6, 6.07) is 6.74. The number of piperazine rings is 1. The minimum absolute atomic E-state index is 0.0389. The van der Waals surface area contributed by atoms with Crippen molar-refractivity contribution in [3.63, 3.8) is 0 Å². The lowest BCUT2D eigenvalue weighted by Crippen LogP contribution is -2.55. The van der Waals surface area contributed by atoms with Crippen LogP contribution in [0.1, 0.15) is 6.92 Å². The van der Waals surface area contributed by atoms with E-state index in [2.05, 4.69) is 10.6 Å². The Bertz CT molecular complexity index is 489. The molecule has 102 valence electrons. The van der Waals surface area contributed by atoms with E-state index in [-0.39, 0.29) is 24.4 Å². The van der Waals surface area contributed by atoms with Crippen LogP contribution >= 0.6 is 0 Å². The van der Waals surface area contributed by atoms with Crippen LogP contribution in [0, 0.1) is 0 Å². The lowest BCUT2D eigenvalue weighted by Gasteiger charge is -2.31. The number of nitrogen functional groups attached to an aromatic ring is 1. The first kappa shape index (κ1) is 13.4. The quantitative estimate of drug-likeness (QED) is 0.671. The molecule has 1 aromatic rings. The Morgan fingerprint density at radius 3 is 3.11 bits per heavy atom. The third-order valence-corrected chi connectivity index (χ3v) is 3.14. The number of nitrogens with one attached hydrogen (secondary N) is 2. The van der Waals surface area contributed by atoms with Crippen LogP contribution in [0.5, 0.6) is 0 Å². The molecule has 0 aromatic heterocycles. The molecule has 0 saturated carbocycles. The van der Waals surface area contributed by atoms with Crippen LogP contribution in [0.25, 0.3) is 0 Å². The molecule has 0 bridgehead atoms. The smallest absolute Gasteiger partial charge is 0.238 e. The van der Waals surface area contributed by atoms with Crippen LogP contribution in [0.4, 0.5) is 11.4 Å². The number of hydrogen-bond donors (Lipinski definition) is 3. The van der Waals surface area contributed by atoms with Gasteiger partial charge in [0.2, 0.25) is 11.8 Å². The Kier molecular flexibility index (Phi) is 4.01. The van der Waals surface area contributed by atoms with Crippen LogP contribution in [-0.4, -0.2) is 42.4 Å². The number of carbonyl (C=O) groups excluding carboxylic acids is 2. The molecule has 1 saturated heterocycles. The molecule has 2 amide bonds.